The van der Waals surface area contributed by atoms with Crippen LogP contribution in [0.1, 0.15) is 27.0 Å². The monoisotopic (exact) mass is 563 g/mol. The Hall–Kier alpha value is -4.15. The summed E-state index contributed by atoms with van der Waals surface area (Å²) in [6, 6.07) is 26.8. The molecule has 0 saturated carbocycles. The van der Waals surface area contributed by atoms with Gasteiger partial charge >= 0.3 is 0 Å². The average molecular weight is 564 g/mol. The van der Waals surface area contributed by atoms with Crippen molar-refractivity contribution in [3.05, 3.63) is 119 Å². The lowest BCUT2D eigenvalue weighted by Crippen LogP contribution is -2.29. The number of rotatable bonds is 9. The van der Waals surface area contributed by atoms with Crippen LogP contribution < -0.4 is 14.3 Å². The Morgan fingerprint density at radius 3 is 2.05 bits per heavy atom. The largest absolute Gasteiger partial charge is 0.322 e. The normalized spacial score (nSPS) is 11.6. The molecule has 0 radical (unpaired) electrons. The van der Waals surface area contributed by atoms with Gasteiger partial charge in [0, 0.05) is 11.3 Å². The molecule has 4 aromatic carbocycles. The Morgan fingerprint density at radius 1 is 0.795 bits per heavy atom. The Labute approximate surface area is 229 Å². The van der Waals surface area contributed by atoms with E-state index >= 15 is 0 Å². The zero-order valence-electron chi connectivity index (χ0n) is 21.7. The molecule has 0 aliphatic carbocycles. The molecule has 1 amide bonds. The van der Waals surface area contributed by atoms with Gasteiger partial charge in [-0.3, -0.25) is 13.8 Å². The number of anilines is 3. The Kier molecular flexibility index (Phi) is 8.08. The van der Waals surface area contributed by atoms with E-state index in [0.29, 0.717) is 28.2 Å². The number of benzene rings is 4. The van der Waals surface area contributed by atoms with Crippen LogP contribution in [0.5, 0.6) is 0 Å². The van der Waals surface area contributed by atoms with Crippen molar-refractivity contribution in [3.63, 3.8) is 0 Å². The van der Waals surface area contributed by atoms with E-state index in [1.807, 2.05) is 32.0 Å². The van der Waals surface area contributed by atoms with Crippen LogP contribution in [0.3, 0.4) is 0 Å². The highest BCUT2D eigenvalue weighted by Gasteiger charge is 2.18. The number of para-hydroxylation sites is 1. The standard InChI is InChI=1S/C29H29N3O5S2/c1-21-9-10-22(2)28(19-21)31-39(36,37)27-17-15-25(16-18-27)30-29(33)24-13-11-23(12-14-24)20-32(38(3,34)35)26-7-5-4-6-8-26/h4-19,31H,20H2,1-3H3,(H,30,33). The van der Waals surface area contributed by atoms with Crippen LogP contribution in [-0.2, 0) is 26.6 Å². The minimum Gasteiger partial charge on any atom is -0.322 e. The first kappa shape index (κ1) is 27.9. The lowest BCUT2D eigenvalue weighted by molar-refractivity contribution is 0.102. The van der Waals surface area contributed by atoms with Crippen LogP contribution in [0.25, 0.3) is 0 Å². The van der Waals surface area contributed by atoms with Crippen LogP contribution in [0.15, 0.2) is 102 Å². The van der Waals surface area contributed by atoms with E-state index in [-0.39, 0.29) is 17.3 Å². The molecule has 39 heavy (non-hydrogen) atoms. The number of hydrogen-bond acceptors (Lipinski definition) is 5. The lowest BCUT2D eigenvalue weighted by Gasteiger charge is -2.22. The third-order valence-electron chi connectivity index (χ3n) is 6.05. The number of nitrogens with one attached hydrogen (secondary N) is 2. The molecule has 0 heterocycles. The molecule has 0 unspecified atom stereocenters. The van der Waals surface area contributed by atoms with Crippen molar-refractivity contribution < 1.29 is 21.6 Å². The highest BCUT2D eigenvalue weighted by Crippen LogP contribution is 2.23. The smallest absolute Gasteiger partial charge is 0.261 e. The number of hydrogen-bond donors (Lipinski definition) is 2. The van der Waals surface area contributed by atoms with Crippen molar-refractivity contribution in [1.82, 2.24) is 0 Å². The van der Waals surface area contributed by atoms with E-state index in [1.54, 1.807) is 54.6 Å². The first-order valence-corrected chi connectivity index (χ1v) is 15.4. The maximum atomic E-state index is 12.8. The summed E-state index contributed by atoms with van der Waals surface area (Å²) in [7, 11) is -7.32. The van der Waals surface area contributed by atoms with Crippen molar-refractivity contribution in [2.24, 2.45) is 0 Å². The van der Waals surface area contributed by atoms with Crippen LogP contribution in [0, 0.1) is 13.8 Å². The number of amides is 1. The number of carbonyl (C=O) groups is 1. The first-order valence-electron chi connectivity index (χ1n) is 12.1. The maximum absolute atomic E-state index is 12.8. The van der Waals surface area contributed by atoms with Gasteiger partial charge in [0.25, 0.3) is 15.9 Å². The highest BCUT2D eigenvalue weighted by atomic mass is 32.2. The number of nitrogens with zero attached hydrogens (tertiary/aromatic N) is 1. The molecule has 0 bridgehead atoms. The van der Waals surface area contributed by atoms with Crippen LogP contribution in [-0.4, -0.2) is 29.0 Å². The quantitative estimate of drug-likeness (QED) is 0.286. The molecule has 10 heteroatoms. The molecule has 0 aliphatic rings. The van der Waals surface area contributed by atoms with Gasteiger partial charge in [-0.05, 0) is 85.1 Å². The van der Waals surface area contributed by atoms with E-state index in [1.165, 1.54) is 28.6 Å². The molecule has 0 atom stereocenters. The van der Waals surface area contributed by atoms with Gasteiger partial charge in [0.05, 0.1) is 29.1 Å². The lowest BCUT2D eigenvalue weighted by atomic mass is 10.1. The van der Waals surface area contributed by atoms with Gasteiger partial charge in [-0.1, -0.05) is 42.5 Å². The van der Waals surface area contributed by atoms with Gasteiger partial charge in [-0.15, -0.1) is 0 Å². The van der Waals surface area contributed by atoms with E-state index in [0.717, 1.165) is 17.4 Å². The summed E-state index contributed by atoms with van der Waals surface area (Å²) in [5, 5.41) is 2.75. The Bertz CT molecular complexity index is 1690. The molecule has 4 rings (SSSR count). The predicted molar refractivity (Wildman–Crippen MR) is 155 cm³/mol. The van der Waals surface area contributed by atoms with Gasteiger partial charge in [0.2, 0.25) is 10.0 Å². The maximum Gasteiger partial charge on any atom is 0.261 e. The molecule has 0 fully saturated rings. The Balaban J connectivity index is 1.42. The third-order valence-corrected chi connectivity index (χ3v) is 8.57. The molecule has 0 spiro atoms. The van der Waals surface area contributed by atoms with Gasteiger partial charge in [-0.25, -0.2) is 16.8 Å². The van der Waals surface area contributed by atoms with Gasteiger partial charge in [0.1, 0.15) is 0 Å². The second-order valence-electron chi connectivity index (χ2n) is 9.20. The van der Waals surface area contributed by atoms with Crippen LogP contribution in [0.4, 0.5) is 17.1 Å². The summed E-state index contributed by atoms with van der Waals surface area (Å²) >= 11 is 0. The van der Waals surface area contributed by atoms with Gasteiger partial charge in [0.15, 0.2) is 0 Å². The third kappa shape index (κ3) is 7.04. The first-order chi connectivity index (χ1) is 18.4. The fraction of sp³-hybridized carbons (Fsp3) is 0.138. The van der Waals surface area contributed by atoms with E-state index < -0.39 is 20.0 Å². The number of aryl methyl sites for hydroxylation is 2. The average Bonchev–Trinajstić information content (AvgIpc) is 2.90. The van der Waals surface area contributed by atoms with Crippen molar-refractivity contribution >= 4 is 43.0 Å². The molecular formula is C29H29N3O5S2. The predicted octanol–water partition coefficient (Wildman–Crippen LogP) is 5.32. The molecule has 202 valence electrons. The molecule has 0 aromatic heterocycles. The molecule has 2 N–H and O–H groups in total. The molecule has 0 saturated heterocycles. The minimum absolute atomic E-state index is 0.0691. The summed E-state index contributed by atoms with van der Waals surface area (Å²) in [6.07, 6.45) is 1.15. The molecular weight excluding hydrogens is 534 g/mol. The number of sulfonamides is 2. The fourth-order valence-electron chi connectivity index (χ4n) is 3.89. The second-order valence-corrected chi connectivity index (χ2v) is 12.8. The summed E-state index contributed by atoms with van der Waals surface area (Å²) in [6.45, 7) is 3.83. The topological polar surface area (TPSA) is 113 Å². The van der Waals surface area contributed by atoms with Crippen LogP contribution in [0.2, 0.25) is 0 Å². The van der Waals surface area contributed by atoms with Crippen molar-refractivity contribution in [3.8, 4) is 0 Å². The SMILES string of the molecule is Cc1ccc(C)c(NS(=O)(=O)c2ccc(NC(=O)c3ccc(CN(c4ccccc4)S(C)(=O)=O)cc3)cc2)c1. The van der Waals surface area contributed by atoms with E-state index in [4.69, 9.17) is 0 Å². The molecule has 8 nitrogen and oxygen atoms in total. The second kappa shape index (κ2) is 11.3. The zero-order valence-corrected chi connectivity index (χ0v) is 23.4. The van der Waals surface area contributed by atoms with Gasteiger partial charge < -0.3 is 5.32 Å². The molecule has 0 aliphatic heterocycles. The van der Waals surface area contributed by atoms with Crippen molar-refractivity contribution in [1.29, 1.82) is 0 Å². The number of carbonyl (C=O) groups excluding carboxylic acids is 1. The van der Waals surface area contributed by atoms with Crippen molar-refractivity contribution in [2.75, 3.05) is 20.6 Å². The van der Waals surface area contributed by atoms with E-state index in [2.05, 4.69) is 10.0 Å². The fourth-order valence-corrected chi connectivity index (χ4v) is 5.90. The minimum atomic E-state index is -3.80. The molecule has 4 aromatic rings. The summed E-state index contributed by atoms with van der Waals surface area (Å²) < 4.78 is 54.3. The summed E-state index contributed by atoms with van der Waals surface area (Å²) in [5.41, 5.74) is 4.33. The van der Waals surface area contributed by atoms with E-state index in [9.17, 15) is 21.6 Å². The summed E-state index contributed by atoms with van der Waals surface area (Å²) in [5.74, 6) is -0.381. The van der Waals surface area contributed by atoms with Gasteiger partial charge in [-0.2, -0.15) is 0 Å². The highest BCUT2D eigenvalue weighted by molar-refractivity contribution is 7.92. The van der Waals surface area contributed by atoms with Crippen LogP contribution >= 0.6 is 0 Å². The summed E-state index contributed by atoms with van der Waals surface area (Å²) in [4.78, 5) is 12.8. The Morgan fingerprint density at radius 2 is 1.44 bits per heavy atom. The zero-order chi connectivity index (χ0) is 28.2. The van der Waals surface area contributed by atoms with Crippen molar-refractivity contribution in [2.45, 2.75) is 25.3 Å².